The van der Waals surface area contributed by atoms with Crippen molar-refractivity contribution >= 4 is 15.9 Å². The van der Waals surface area contributed by atoms with Crippen molar-refractivity contribution in [2.75, 3.05) is 18.9 Å². The number of hydrogen-bond donors (Lipinski definition) is 0. The van der Waals surface area contributed by atoms with Crippen LogP contribution in [0, 0.1) is 11.3 Å². The smallest absolute Gasteiger partial charge is 0.0118 e. The topological polar surface area (TPSA) is 3.24 Å². The molecular formula is C16H30BrN. The highest BCUT2D eigenvalue weighted by Gasteiger charge is 2.35. The highest BCUT2D eigenvalue weighted by atomic mass is 79.9. The van der Waals surface area contributed by atoms with E-state index >= 15 is 0 Å². The van der Waals surface area contributed by atoms with Crippen molar-refractivity contribution in [3.8, 4) is 0 Å². The third kappa shape index (κ3) is 3.50. The van der Waals surface area contributed by atoms with Crippen molar-refractivity contribution in [3.05, 3.63) is 0 Å². The Morgan fingerprint density at radius 2 is 1.72 bits per heavy atom. The lowest BCUT2D eigenvalue weighted by Gasteiger charge is -2.44. The van der Waals surface area contributed by atoms with Crippen molar-refractivity contribution in [2.24, 2.45) is 11.3 Å². The zero-order valence-electron chi connectivity index (χ0n) is 12.3. The molecule has 0 bridgehead atoms. The maximum absolute atomic E-state index is 3.81. The molecule has 0 aromatic rings. The molecule has 0 spiro atoms. The Bertz CT molecular complexity index is 247. The average molecular weight is 316 g/mol. The van der Waals surface area contributed by atoms with Gasteiger partial charge in [-0.3, -0.25) is 0 Å². The van der Waals surface area contributed by atoms with E-state index in [1.807, 2.05) is 0 Å². The molecule has 18 heavy (non-hydrogen) atoms. The largest absolute Gasteiger partial charge is 0.303 e. The minimum atomic E-state index is 0.574. The maximum atomic E-state index is 3.81. The molecule has 2 saturated carbocycles. The lowest BCUT2D eigenvalue weighted by atomic mass is 9.74. The van der Waals surface area contributed by atoms with Crippen LogP contribution in [0.4, 0.5) is 0 Å². The third-order valence-electron chi connectivity index (χ3n) is 5.41. The lowest BCUT2D eigenvalue weighted by molar-refractivity contribution is 0.0738. The van der Waals surface area contributed by atoms with E-state index in [0.29, 0.717) is 5.41 Å². The highest BCUT2D eigenvalue weighted by molar-refractivity contribution is 9.09. The minimum Gasteiger partial charge on any atom is -0.303 e. The molecule has 0 saturated heterocycles. The van der Waals surface area contributed by atoms with Gasteiger partial charge < -0.3 is 4.90 Å². The van der Waals surface area contributed by atoms with Crippen molar-refractivity contribution in [1.82, 2.24) is 4.90 Å². The van der Waals surface area contributed by atoms with Gasteiger partial charge in [0.1, 0.15) is 0 Å². The molecule has 0 N–H and O–H groups in total. The van der Waals surface area contributed by atoms with Crippen LogP contribution >= 0.6 is 15.9 Å². The van der Waals surface area contributed by atoms with E-state index < -0.39 is 0 Å². The van der Waals surface area contributed by atoms with E-state index in [9.17, 15) is 0 Å². The lowest BCUT2D eigenvalue weighted by Crippen LogP contribution is -2.46. The first-order valence-electron chi connectivity index (χ1n) is 7.93. The number of rotatable bonds is 4. The Labute approximate surface area is 122 Å². The summed E-state index contributed by atoms with van der Waals surface area (Å²) in [5.74, 6) is 0.903. The van der Waals surface area contributed by atoms with Gasteiger partial charge in [-0.2, -0.15) is 0 Å². The quantitative estimate of drug-likeness (QED) is 0.671. The van der Waals surface area contributed by atoms with Crippen molar-refractivity contribution in [2.45, 2.75) is 70.8 Å². The second-order valence-electron chi connectivity index (χ2n) is 6.94. The van der Waals surface area contributed by atoms with Crippen LogP contribution < -0.4 is 0 Å². The second kappa shape index (κ2) is 6.74. The van der Waals surface area contributed by atoms with E-state index in [2.05, 4.69) is 34.8 Å². The molecule has 2 fully saturated rings. The first-order valence-corrected chi connectivity index (χ1v) is 9.05. The predicted octanol–water partition coefficient (Wildman–Crippen LogP) is 4.84. The second-order valence-corrected chi connectivity index (χ2v) is 7.50. The van der Waals surface area contributed by atoms with Crippen LogP contribution in [0.5, 0.6) is 0 Å². The van der Waals surface area contributed by atoms with Gasteiger partial charge in [-0.25, -0.2) is 0 Å². The fourth-order valence-electron chi connectivity index (χ4n) is 4.23. The summed E-state index contributed by atoms with van der Waals surface area (Å²) < 4.78 is 0. The van der Waals surface area contributed by atoms with Gasteiger partial charge >= 0.3 is 0 Å². The summed E-state index contributed by atoms with van der Waals surface area (Å²) in [6, 6.07) is 0.844. The number of nitrogens with zero attached hydrogens (tertiary/aromatic N) is 1. The first kappa shape index (κ1) is 14.8. The first-order chi connectivity index (χ1) is 8.67. The van der Waals surface area contributed by atoms with E-state index in [-0.39, 0.29) is 0 Å². The van der Waals surface area contributed by atoms with Crippen LogP contribution in [0.1, 0.15) is 64.7 Å². The molecule has 1 nitrogen and oxygen atoms in total. The van der Waals surface area contributed by atoms with Crippen molar-refractivity contribution in [3.63, 3.8) is 0 Å². The number of hydrogen-bond acceptors (Lipinski definition) is 1. The molecule has 2 aliphatic rings. The zero-order valence-corrected chi connectivity index (χ0v) is 13.8. The molecule has 0 aliphatic heterocycles. The van der Waals surface area contributed by atoms with Crippen LogP contribution in [0.2, 0.25) is 0 Å². The number of alkyl halides is 1. The van der Waals surface area contributed by atoms with Crippen LogP contribution in [-0.4, -0.2) is 29.9 Å². The molecule has 2 atom stereocenters. The predicted molar refractivity (Wildman–Crippen MR) is 83.4 cm³/mol. The van der Waals surface area contributed by atoms with Crippen molar-refractivity contribution < 1.29 is 0 Å². The van der Waals surface area contributed by atoms with Gasteiger partial charge in [-0.1, -0.05) is 55.0 Å². The van der Waals surface area contributed by atoms with Gasteiger partial charge in [0.2, 0.25) is 0 Å². The molecule has 0 amide bonds. The zero-order chi connectivity index (χ0) is 13.0. The summed E-state index contributed by atoms with van der Waals surface area (Å²) in [7, 11) is 2.38. The van der Waals surface area contributed by atoms with Gasteiger partial charge in [0, 0.05) is 17.9 Å². The molecular weight excluding hydrogens is 286 g/mol. The summed E-state index contributed by atoms with van der Waals surface area (Å²) in [5.41, 5.74) is 0.574. The third-order valence-corrected chi connectivity index (χ3v) is 6.60. The fourth-order valence-corrected chi connectivity index (χ4v) is 4.97. The van der Waals surface area contributed by atoms with Crippen LogP contribution in [-0.2, 0) is 0 Å². The monoisotopic (exact) mass is 315 g/mol. The highest BCUT2D eigenvalue weighted by Crippen LogP contribution is 2.40. The van der Waals surface area contributed by atoms with Gasteiger partial charge in [-0.05, 0) is 44.1 Å². The summed E-state index contributed by atoms with van der Waals surface area (Å²) in [5, 5.41) is 1.20. The van der Waals surface area contributed by atoms with E-state index in [1.165, 1.54) is 69.7 Å². The Kier molecular flexibility index (Phi) is 5.56. The van der Waals surface area contributed by atoms with E-state index in [1.54, 1.807) is 0 Å². The standard InChI is InChI=1S/C16H30BrN/c1-14-8-4-5-9-15(14)18(2)13-16(12-17)10-6-3-7-11-16/h14-15H,3-13H2,1-2H3. The molecule has 0 radical (unpaired) electrons. The van der Waals surface area contributed by atoms with E-state index in [0.717, 1.165) is 12.0 Å². The average Bonchev–Trinajstić information content (AvgIpc) is 2.40. The number of halogens is 1. The Balaban J connectivity index is 1.93. The van der Waals surface area contributed by atoms with Crippen LogP contribution in [0.15, 0.2) is 0 Å². The Hall–Kier alpha value is 0.440. The summed E-state index contributed by atoms with van der Waals surface area (Å²) in [4.78, 5) is 2.70. The summed E-state index contributed by atoms with van der Waals surface area (Å²) in [6.45, 7) is 3.77. The van der Waals surface area contributed by atoms with E-state index in [4.69, 9.17) is 0 Å². The normalized spacial score (nSPS) is 32.7. The van der Waals surface area contributed by atoms with Crippen LogP contribution in [0.3, 0.4) is 0 Å². The van der Waals surface area contributed by atoms with Crippen molar-refractivity contribution in [1.29, 1.82) is 0 Å². The van der Waals surface area contributed by atoms with Gasteiger partial charge in [-0.15, -0.1) is 0 Å². The Morgan fingerprint density at radius 1 is 1.06 bits per heavy atom. The minimum absolute atomic E-state index is 0.574. The fraction of sp³-hybridized carbons (Fsp3) is 1.00. The summed E-state index contributed by atoms with van der Waals surface area (Å²) >= 11 is 3.81. The van der Waals surface area contributed by atoms with Crippen LogP contribution in [0.25, 0.3) is 0 Å². The molecule has 106 valence electrons. The van der Waals surface area contributed by atoms with Gasteiger partial charge in [0.15, 0.2) is 0 Å². The Morgan fingerprint density at radius 3 is 2.33 bits per heavy atom. The van der Waals surface area contributed by atoms with Gasteiger partial charge in [0.25, 0.3) is 0 Å². The molecule has 0 heterocycles. The SMILES string of the molecule is CC1CCCCC1N(C)CC1(CBr)CCCCC1. The molecule has 0 aromatic carbocycles. The molecule has 2 heteroatoms. The van der Waals surface area contributed by atoms with Gasteiger partial charge in [0.05, 0.1) is 0 Å². The molecule has 0 aromatic heterocycles. The maximum Gasteiger partial charge on any atom is 0.0118 e. The molecule has 2 aliphatic carbocycles. The summed E-state index contributed by atoms with van der Waals surface area (Å²) in [6.07, 6.45) is 13.0. The molecule has 2 unspecified atom stereocenters. The molecule has 2 rings (SSSR count).